The van der Waals surface area contributed by atoms with E-state index in [1.54, 1.807) is 0 Å². The molecule has 0 aliphatic rings. The number of hydrogen-bond acceptors (Lipinski definition) is 3. The highest BCUT2D eigenvalue weighted by molar-refractivity contribution is 5.64. The van der Waals surface area contributed by atoms with Gasteiger partial charge >= 0.3 is 0 Å². The number of rotatable bonds is 7. The molecule has 3 heteroatoms. The minimum absolute atomic E-state index is 0.417. The number of aliphatic hydroxyl groups is 2. The summed E-state index contributed by atoms with van der Waals surface area (Å²) in [6, 6.07) is 16.5. The lowest BCUT2D eigenvalue weighted by atomic mass is 10.0. The molecule has 0 radical (unpaired) electrons. The molecule has 0 amide bonds. The standard InChI is InChI=1S/C18H22O3/c1-2-21-17-12-10-16(11-13-17)15-8-6-14(7-9-15)4-3-5-18(19)20/h6-13,18-20H,2-5H2,1H3. The summed E-state index contributed by atoms with van der Waals surface area (Å²) in [6.45, 7) is 2.65. The van der Waals surface area contributed by atoms with E-state index in [0.717, 1.165) is 24.2 Å². The number of aliphatic hydroxyl groups excluding tert-OH is 1. The van der Waals surface area contributed by atoms with Crippen molar-refractivity contribution in [2.24, 2.45) is 0 Å². The minimum Gasteiger partial charge on any atom is -0.494 e. The van der Waals surface area contributed by atoms with Gasteiger partial charge in [0.1, 0.15) is 5.75 Å². The average Bonchev–Trinajstić information content (AvgIpc) is 2.49. The Labute approximate surface area is 125 Å². The van der Waals surface area contributed by atoms with Gasteiger partial charge in [-0.15, -0.1) is 0 Å². The van der Waals surface area contributed by atoms with Crippen molar-refractivity contribution in [3.8, 4) is 16.9 Å². The second-order valence-electron chi connectivity index (χ2n) is 5.03. The van der Waals surface area contributed by atoms with Crippen LogP contribution in [0.25, 0.3) is 11.1 Å². The quantitative estimate of drug-likeness (QED) is 0.767. The Morgan fingerprint density at radius 1 is 0.905 bits per heavy atom. The first-order valence-electron chi connectivity index (χ1n) is 7.37. The lowest BCUT2D eigenvalue weighted by Gasteiger charge is -2.07. The van der Waals surface area contributed by atoms with Gasteiger partial charge in [-0.1, -0.05) is 36.4 Å². The zero-order valence-electron chi connectivity index (χ0n) is 12.3. The molecule has 2 aromatic carbocycles. The van der Waals surface area contributed by atoms with Gasteiger partial charge in [-0.3, -0.25) is 0 Å². The third-order valence-electron chi connectivity index (χ3n) is 3.38. The SMILES string of the molecule is CCOc1ccc(-c2ccc(CCCC(O)O)cc2)cc1. The molecule has 0 unspecified atom stereocenters. The first-order chi connectivity index (χ1) is 10.2. The van der Waals surface area contributed by atoms with Gasteiger partial charge in [0.05, 0.1) is 6.61 Å². The molecule has 0 heterocycles. The first-order valence-corrected chi connectivity index (χ1v) is 7.37. The molecule has 0 saturated carbocycles. The van der Waals surface area contributed by atoms with Crippen LogP contribution < -0.4 is 4.74 Å². The average molecular weight is 286 g/mol. The lowest BCUT2D eigenvalue weighted by Crippen LogP contribution is -2.03. The van der Waals surface area contributed by atoms with Crippen molar-refractivity contribution in [1.82, 2.24) is 0 Å². The highest BCUT2D eigenvalue weighted by Gasteiger charge is 2.01. The van der Waals surface area contributed by atoms with Crippen molar-refractivity contribution in [3.05, 3.63) is 54.1 Å². The van der Waals surface area contributed by atoms with Crippen LogP contribution in [0.15, 0.2) is 48.5 Å². The smallest absolute Gasteiger partial charge is 0.151 e. The molecule has 0 bridgehead atoms. The Morgan fingerprint density at radius 3 is 2.00 bits per heavy atom. The van der Waals surface area contributed by atoms with Crippen molar-refractivity contribution in [2.75, 3.05) is 6.61 Å². The van der Waals surface area contributed by atoms with Gasteiger partial charge in [-0.05, 0) is 55.0 Å². The Kier molecular flexibility index (Phi) is 5.78. The molecule has 3 nitrogen and oxygen atoms in total. The molecule has 2 N–H and O–H groups in total. The second kappa shape index (κ2) is 7.81. The summed E-state index contributed by atoms with van der Waals surface area (Å²) in [4.78, 5) is 0. The normalized spacial score (nSPS) is 10.9. The number of benzene rings is 2. The van der Waals surface area contributed by atoms with Gasteiger partial charge in [-0.25, -0.2) is 0 Å². The van der Waals surface area contributed by atoms with E-state index < -0.39 is 6.29 Å². The number of ether oxygens (including phenoxy) is 1. The molecule has 0 fully saturated rings. The maximum Gasteiger partial charge on any atom is 0.151 e. The van der Waals surface area contributed by atoms with Crippen LogP contribution in [-0.2, 0) is 6.42 Å². The fraction of sp³-hybridized carbons (Fsp3) is 0.333. The lowest BCUT2D eigenvalue weighted by molar-refractivity contribution is -0.0461. The molecule has 0 aliphatic heterocycles. The summed E-state index contributed by atoms with van der Waals surface area (Å²) in [6.07, 6.45) is 0.857. The summed E-state index contributed by atoms with van der Waals surface area (Å²) in [5.41, 5.74) is 3.55. The van der Waals surface area contributed by atoms with E-state index in [9.17, 15) is 0 Å². The Hall–Kier alpha value is -1.84. The summed E-state index contributed by atoms with van der Waals surface area (Å²) >= 11 is 0. The third kappa shape index (κ3) is 4.88. The Morgan fingerprint density at radius 2 is 1.48 bits per heavy atom. The largest absolute Gasteiger partial charge is 0.494 e. The molecule has 2 aromatic rings. The second-order valence-corrected chi connectivity index (χ2v) is 5.03. The summed E-state index contributed by atoms with van der Waals surface area (Å²) in [5, 5.41) is 17.7. The van der Waals surface area contributed by atoms with E-state index in [-0.39, 0.29) is 0 Å². The van der Waals surface area contributed by atoms with Crippen LogP contribution in [0.4, 0.5) is 0 Å². The molecule has 0 aliphatic carbocycles. The fourth-order valence-corrected chi connectivity index (χ4v) is 2.26. The molecule has 112 valence electrons. The van der Waals surface area contributed by atoms with Crippen LogP contribution in [0.5, 0.6) is 5.75 Å². The van der Waals surface area contributed by atoms with Crippen molar-refractivity contribution in [3.63, 3.8) is 0 Å². The van der Waals surface area contributed by atoms with Gasteiger partial charge in [-0.2, -0.15) is 0 Å². The monoisotopic (exact) mass is 286 g/mol. The van der Waals surface area contributed by atoms with Gasteiger partial charge in [0.2, 0.25) is 0 Å². The van der Waals surface area contributed by atoms with E-state index in [0.29, 0.717) is 13.0 Å². The molecule has 2 rings (SSSR count). The zero-order valence-corrected chi connectivity index (χ0v) is 12.3. The molecule has 0 atom stereocenters. The third-order valence-corrected chi connectivity index (χ3v) is 3.38. The van der Waals surface area contributed by atoms with Crippen molar-refractivity contribution in [2.45, 2.75) is 32.5 Å². The van der Waals surface area contributed by atoms with E-state index >= 15 is 0 Å². The van der Waals surface area contributed by atoms with Crippen LogP contribution in [0.2, 0.25) is 0 Å². The highest BCUT2D eigenvalue weighted by atomic mass is 16.5. The maximum atomic E-state index is 8.83. The van der Waals surface area contributed by atoms with Gasteiger partial charge < -0.3 is 14.9 Å². The van der Waals surface area contributed by atoms with E-state index in [1.807, 2.05) is 19.1 Å². The Balaban J connectivity index is 1.97. The van der Waals surface area contributed by atoms with Crippen molar-refractivity contribution in [1.29, 1.82) is 0 Å². The van der Waals surface area contributed by atoms with E-state index in [1.165, 1.54) is 11.1 Å². The van der Waals surface area contributed by atoms with Gasteiger partial charge in [0, 0.05) is 0 Å². The zero-order chi connectivity index (χ0) is 15.1. The topological polar surface area (TPSA) is 49.7 Å². The number of aryl methyl sites for hydroxylation is 1. The van der Waals surface area contributed by atoms with Crippen LogP contribution in [-0.4, -0.2) is 23.1 Å². The van der Waals surface area contributed by atoms with Gasteiger partial charge in [0.15, 0.2) is 6.29 Å². The van der Waals surface area contributed by atoms with Crippen LogP contribution in [0.1, 0.15) is 25.3 Å². The maximum absolute atomic E-state index is 8.83. The first kappa shape index (κ1) is 15.5. The Bertz CT molecular complexity index is 529. The molecular formula is C18H22O3. The molecule has 0 spiro atoms. The minimum atomic E-state index is -1.20. The summed E-state index contributed by atoms with van der Waals surface area (Å²) in [5.74, 6) is 0.889. The van der Waals surface area contributed by atoms with Crippen LogP contribution >= 0.6 is 0 Å². The van der Waals surface area contributed by atoms with E-state index in [4.69, 9.17) is 14.9 Å². The van der Waals surface area contributed by atoms with Crippen LogP contribution in [0, 0.1) is 0 Å². The molecule has 0 saturated heterocycles. The van der Waals surface area contributed by atoms with Crippen molar-refractivity contribution >= 4 is 0 Å². The summed E-state index contributed by atoms with van der Waals surface area (Å²) in [7, 11) is 0. The summed E-state index contributed by atoms with van der Waals surface area (Å²) < 4.78 is 5.44. The predicted octanol–water partition coefficient (Wildman–Crippen LogP) is 3.39. The molecule has 21 heavy (non-hydrogen) atoms. The van der Waals surface area contributed by atoms with Crippen LogP contribution in [0.3, 0.4) is 0 Å². The molecular weight excluding hydrogens is 264 g/mol. The number of hydrogen-bond donors (Lipinski definition) is 2. The van der Waals surface area contributed by atoms with Gasteiger partial charge in [0.25, 0.3) is 0 Å². The van der Waals surface area contributed by atoms with Crippen molar-refractivity contribution < 1.29 is 14.9 Å². The fourth-order valence-electron chi connectivity index (χ4n) is 2.26. The predicted molar refractivity (Wildman–Crippen MR) is 84.2 cm³/mol. The highest BCUT2D eigenvalue weighted by Crippen LogP contribution is 2.23. The van der Waals surface area contributed by atoms with E-state index in [2.05, 4.69) is 36.4 Å². The molecule has 0 aromatic heterocycles.